The first kappa shape index (κ1) is 20.9. The molecule has 0 aliphatic rings. The lowest BCUT2D eigenvalue weighted by molar-refractivity contribution is 0.661. The fourth-order valence-electron chi connectivity index (χ4n) is 2.66. The average molecular weight is 479 g/mol. The number of aliphatic imine (C=N–C) groups is 1. The molecule has 2 N–H and O–H groups in total. The van der Waals surface area contributed by atoms with E-state index in [-0.39, 0.29) is 24.0 Å². The molecule has 0 spiro atoms. The van der Waals surface area contributed by atoms with Crippen LogP contribution in [0.2, 0.25) is 0 Å². The van der Waals surface area contributed by atoms with Gasteiger partial charge in [-0.1, -0.05) is 24.3 Å². The number of guanidine groups is 1. The Bertz CT molecular complexity index is 797. The first-order valence-corrected chi connectivity index (χ1v) is 8.87. The van der Waals surface area contributed by atoms with Crippen LogP contribution in [-0.2, 0) is 19.6 Å². The molecule has 144 valence electrons. The maximum atomic E-state index is 4.73. The van der Waals surface area contributed by atoms with Gasteiger partial charge in [-0.15, -0.1) is 24.0 Å². The highest BCUT2D eigenvalue weighted by molar-refractivity contribution is 14.0. The van der Waals surface area contributed by atoms with Crippen LogP contribution in [0.4, 0.5) is 0 Å². The van der Waals surface area contributed by atoms with E-state index in [2.05, 4.69) is 51.9 Å². The van der Waals surface area contributed by atoms with Crippen molar-refractivity contribution in [3.8, 4) is 0 Å². The van der Waals surface area contributed by atoms with Crippen LogP contribution in [0.1, 0.15) is 18.1 Å². The van der Waals surface area contributed by atoms with Gasteiger partial charge in [-0.25, -0.2) is 9.98 Å². The van der Waals surface area contributed by atoms with Crippen molar-refractivity contribution in [1.82, 2.24) is 30.0 Å². The van der Waals surface area contributed by atoms with E-state index in [0.717, 1.165) is 32.1 Å². The fourth-order valence-corrected chi connectivity index (χ4v) is 2.66. The standard InChI is InChI=1S/C19H25N7.HI/c1-2-21-19(22-10-13-25-12-9-20-16-25)23-14-17-6-3-4-7-18(17)15-26-11-5-8-24-26;/h3-9,11-12,16H,2,10,13-15H2,1H3,(H2,21,22,23);1H. The van der Waals surface area contributed by atoms with Crippen LogP contribution in [0.25, 0.3) is 0 Å². The van der Waals surface area contributed by atoms with Crippen LogP contribution < -0.4 is 10.6 Å². The average Bonchev–Trinajstić information content (AvgIpc) is 3.35. The van der Waals surface area contributed by atoms with Gasteiger partial charge in [0.15, 0.2) is 5.96 Å². The van der Waals surface area contributed by atoms with Crippen molar-refractivity contribution >= 4 is 29.9 Å². The number of imidazole rings is 1. The number of halogens is 1. The molecule has 3 rings (SSSR count). The summed E-state index contributed by atoms with van der Waals surface area (Å²) in [5.74, 6) is 0.821. The second-order valence-corrected chi connectivity index (χ2v) is 5.89. The van der Waals surface area contributed by atoms with E-state index in [1.807, 2.05) is 34.0 Å². The molecular weight excluding hydrogens is 453 g/mol. The number of nitrogens with one attached hydrogen (secondary N) is 2. The summed E-state index contributed by atoms with van der Waals surface area (Å²) in [4.78, 5) is 8.79. The van der Waals surface area contributed by atoms with Gasteiger partial charge in [-0.3, -0.25) is 4.68 Å². The van der Waals surface area contributed by atoms with E-state index >= 15 is 0 Å². The molecule has 8 heteroatoms. The van der Waals surface area contributed by atoms with Gasteiger partial charge in [0.05, 0.1) is 19.4 Å². The highest BCUT2D eigenvalue weighted by atomic mass is 127. The predicted octanol–water partition coefficient (Wildman–Crippen LogP) is 2.50. The molecule has 0 amide bonds. The van der Waals surface area contributed by atoms with Crippen molar-refractivity contribution in [2.75, 3.05) is 13.1 Å². The molecule has 27 heavy (non-hydrogen) atoms. The molecule has 7 nitrogen and oxygen atoms in total. The minimum absolute atomic E-state index is 0. The van der Waals surface area contributed by atoms with Gasteiger partial charge >= 0.3 is 0 Å². The number of hydrogen-bond acceptors (Lipinski definition) is 3. The predicted molar refractivity (Wildman–Crippen MR) is 118 cm³/mol. The van der Waals surface area contributed by atoms with Gasteiger partial charge in [0.2, 0.25) is 0 Å². The molecule has 0 atom stereocenters. The largest absolute Gasteiger partial charge is 0.357 e. The van der Waals surface area contributed by atoms with Crippen molar-refractivity contribution in [2.24, 2.45) is 4.99 Å². The molecule has 2 aromatic heterocycles. The third-order valence-corrected chi connectivity index (χ3v) is 3.98. The Kier molecular flexibility index (Phi) is 8.82. The van der Waals surface area contributed by atoms with Crippen molar-refractivity contribution < 1.29 is 0 Å². The lowest BCUT2D eigenvalue weighted by Crippen LogP contribution is -2.38. The minimum atomic E-state index is 0. The van der Waals surface area contributed by atoms with Crippen molar-refractivity contribution in [1.29, 1.82) is 0 Å². The molecule has 0 bridgehead atoms. The van der Waals surface area contributed by atoms with Crippen LogP contribution in [0.3, 0.4) is 0 Å². The molecule has 0 aliphatic heterocycles. The smallest absolute Gasteiger partial charge is 0.191 e. The molecule has 0 saturated carbocycles. The Balaban J connectivity index is 0.00000261. The maximum Gasteiger partial charge on any atom is 0.191 e. The molecule has 0 radical (unpaired) electrons. The number of nitrogens with zero attached hydrogens (tertiary/aromatic N) is 5. The molecule has 1 aromatic carbocycles. The zero-order valence-corrected chi connectivity index (χ0v) is 17.8. The Morgan fingerprint density at radius 2 is 1.93 bits per heavy atom. The molecular formula is C19H26IN7. The SMILES string of the molecule is CCNC(=NCc1ccccc1Cn1cccn1)NCCn1ccnc1.I. The third kappa shape index (κ3) is 6.70. The molecule has 3 aromatic rings. The summed E-state index contributed by atoms with van der Waals surface area (Å²) in [6.45, 7) is 5.91. The number of aromatic nitrogens is 4. The highest BCUT2D eigenvalue weighted by Gasteiger charge is 2.04. The second-order valence-electron chi connectivity index (χ2n) is 5.89. The van der Waals surface area contributed by atoms with E-state index in [4.69, 9.17) is 4.99 Å². The molecule has 0 aliphatic carbocycles. The van der Waals surface area contributed by atoms with Crippen LogP contribution in [-0.4, -0.2) is 38.4 Å². The third-order valence-electron chi connectivity index (χ3n) is 3.98. The molecule has 0 fully saturated rings. The molecule has 2 heterocycles. The maximum absolute atomic E-state index is 4.73. The zero-order chi connectivity index (χ0) is 18.0. The molecule has 0 saturated heterocycles. The van der Waals surface area contributed by atoms with E-state index in [9.17, 15) is 0 Å². The van der Waals surface area contributed by atoms with Gasteiger partial charge in [-0.05, 0) is 24.1 Å². The summed E-state index contributed by atoms with van der Waals surface area (Å²) in [6.07, 6.45) is 9.33. The Morgan fingerprint density at radius 3 is 2.63 bits per heavy atom. The summed E-state index contributed by atoms with van der Waals surface area (Å²) in [5, 5.41) is 11.0. The summed E-state index contributed by atoms with van der Waals surface area (Å²) < 4.78 is 3.97. The first-order valence-electron chi connectivity index (χ1n) is 8.87. The van der Waals surface area contributed by atoms with Gasteiger partial charge in [0.1, 0.15) is 0 Å². The summed E-state index contributed by atoms with van der Waals surface area (Å²) >= 11 is 0. The number of benzene rings is 1. The lowest BCUT2D eigenvalue weighted by Gasteiger charge is -2.13. The van der Waals surface area contributed by atoms with Crippen LogP contribution in [0.5, 0.6) is 0 Å². The van der Waals surface area contributed by atoms with Crippen LogP contribution in [0.15, 0.2) is 66.4 Å². The zero-order valence-electron chi connectivity index (χ0n) is 15.5. The van der Waals surface area contributed by atoms with Gasteiger partial charge in [0, 0.05) is 44.4 Å². The normalized spacial score (nSPS) is 11.1. The van der Waals surface area contributed by atoms with E-state index in [1.54, 1.807) is 12.4 Å². The molecule has 0 unspecified atom stereocenters. The van der Waals surface area contributed by atoms with E-state index in [1.165, 1.54) is 11.1 Å². The lowest BCUT2D eigenvalue weighted by atomic mass is 10.1. The van der Waals surface area contributed by atoms with E-state index < -0.39 is 0 Å². The summed E-state index contributed by atoms with van der Waals surface area (Å²) in [7, 11) is 0. The Hall–Kier alpha value is -2.36. The van der Waals surface area contributed by atoms with Gasteiger partial charge < -0.3 is 15.2 Å². The highest BCUT2D eigenvalue weighted by Crippen LogP contribution is 2.11. The van der Waals surface area contributed by atoms with Crippen molar-refractivity contribution in [2.45, 2.75) is 26.6 Å². The monoisotopic (exact) mass is 479 g/mol. The topological polar surface area (TPSA) is 72.1 Å². The van der Waals surface area contributed by atoms with Crippen molar-refractivity contribution in [3.63, 3.8) is 0 Å². The van der Waals surface area contributed by atoms with E-state index in [0.29, 0.717) is 6.54 Å². The van der Waals surface area contributed by atoms with Gasteiger partial charge in [-0.2, -0.15) is 5.10 Å². The Labute approximate surface area is 176 Å². The van der Waals surface area contributed by atoms with Crippen molar-refractivity contribution in [3.05, 3.63) is 72.6 Å². The number of hydrogen-bond donors (Lipinski definition) is 2. The summed E-state index contributed by atoms with van der Waals surface area (Å²) in [6, 6.07) is 10.3. The number of rotatable bonds is 8. The summed E-state index contributed by atoms with van der Waals surface area (Å²) in [5.41, 5.74) is 2.43. The second kappa shape index (κ2) is 11.4. The van der Waals surface area contributed by atoms with Crippen LogP contribution in [0, 0.1) is 0 Å². The fraction of sp³-hybridized carbons (Fsp3) is 0.316. The van der Waals surface area contributed by atoms with Crippen LogP contribution >= 0.6 is 24.0 Å². The first-order chi connectivity index (χ1) is 12.8. The Morgan fingerprint density at radius 1 is 1.07 bits per heavy atom. The van der Waals surface area contributed by atoms with Gasteiger partial charge in [0.25, 0.3) is 0 Å². The minimum Gasteiger partial charge on any atom is -0.357 e. The quantitative estimate of drug-likeness (QED) is 0.296.